The van der Waals surface area contributed by atoms with Crippen molar-refractivity contribution in [3.05, 3.63) is 53.6 Å². The molecule has 0 aromatic heterocycles. The first-order valence-electron chi connectivity index (χ1n) is 6.76. The second-order valence-corrected chi connectivity index (χ2v) is 4.98. The van der Waals surface area contributed by atoms with Gasteiger partial charge in [0.25, 0.3) is 0 Å². The largest absolute Gasteiger partial charge is 0.495 e. The third-order valence-corrected chi connectivity index (χ3v) is 2.98. The Labute approximate surface area is 124 Å². The maximum Gasteiger partial charge on any atom is 0.193 e. The van der Waals surface area contributed by atoms with E-state index in [9.17, 15) is 4.79 Å². The molecule has 0 radical (unpaired) electrons. The molecular formula is C17H19NO3. The number of carbonyl (C=O) groups excluding carboxylic acids is 1. The van der Waals surface area contributed by atoms with Gasteiger partial charge >= 0.3 is 0 Å². The van der Waals surface area contributed by atoms with Gasteiger partial charge < -0.3 is 15.2 Å². The van der Waals surface area contributed by atoms with Gasteiger partial charge in [0, 0.05) is 11.1 Å². The summed E-state index contributed by atoms with van der Waals surface area (Å²) in [6.07, 6.45) is 0.105. The summed E-state index contributed by atoms with van der Waals surface area (Å²) in [7, 11) is 1.54. The highest BCUT2D eigenvalue weighted by Gasteiger charge is 2.11. The topological polar surface area (TPSA) is 61.5 Å². The first-order valence-corrected chi connectivity index (χ1v) is 6.76. The van der Waals surface area contributed by atoms with Crippen LogP contribution in [-0.4, -0.2) is 19.0 Å². The monoisotopic (exact) mass is 285 g/mol. The van der Waals surface area contributed by atoms with E-state index < -0.39 is 0 Å². The number of nitrogens with two attached hydrogens (primary N) is 1. The summed E-state index contributed by atoms with van der Waals surface area (Å²) >= 11 is 0. The van der Waals surface area contributed by atoms with E-state index in [0.717, 1.165) is 5.75 Å². The van der Waals surface area contributed by atoms with Crippen molar-refractivity contribution >= 4 is 11.5 Å². The van der Waals surface area contributed by atoms with Gasteiger partial charge in [0.2, 0.25) is 0 Å². The van der Waals surface area contributed by atoms with Crippen molar-refractivity contribution in [3.63, 3.8) is 0 Å². The Morgan fingerprint density at radius 1 is 1.05 bits per heavy atom. The predicted octanol–water partition coefficient (Wildman–Crippen LogP) is 3.30. The second kappa shape index (κ2) is 6.31. The molecule has 2 N–H and O–H groups in total. The number of hydrogen-bond acceptors (Lipinski definition) is 4. The molecule has 4 heteroatoms. The molecule has 0 aliphatic carbocycles. The van der Waals surface area contributed by atoms with Crippen LogP contribution in [0.3, 0.4) is 0 Å². The first-order chi connectivity index (χ1) is 10.0. The van der Waals surface area contributed by atoms with Crippen molar-refractivity contribution in [2.45, 2.75) is 20.0 Å². The number of nitrogen functional groups attached to an aromatic ring is 1. The highest BCUT2D eigenvalue weighted by atomic mass is 16.5. The van der Waals surface area contributed by atoms with E-state index in [2.05, 4.69) is 0 Å². The molecule has 0 atom stereocenters. The summed E-state index contributed by atoms with van der Waals surface area (Å²) in [4.78, 5) is 12.4. The lowest BCUT2D eigenvalue weighted by atomic mass is 10.0. The molecule has 2 aromatic carbocycles. The normalized spacial score (nSPS) is 10.5. The average Bonchev–Trinajstić information content (AvgIpc) is 2.46. The zero-order valence-corrected chi connectivity index (χ0v) is 12.4. The van der Waals surface area contributed by atoms with Crippen molar-refractivity contribution < 1.29 is 14.3 Å². The molecule has 2 aromatic rings. The quantitative estimate of drug-likeness (QED) is 0.676. The Balaban J connectivity index is 2.21. The van der Waals surface area contributed by atoms with Crippen LogP contribution in [0.25, 0.3) is 0 Å². The fourth-order valence-corrected chi connectivity index (χ4v) is 2.00. The number of anilines is 1. The second-order valence-electron chi connectivity index (χ2n) is 4.98. The number of carbonyl (C=O) groups is 1. The van der Waals surface area contributed by atoms with Crippen molar-refractivity contribution in [2.75, 3.05) is 12.8 Å². The molecule has 0 unspecified atom stereocenters. The van der Waals surface area contributed by atoms with Gasteiger partial charge in [-0.1, -0.05) is 0 Å². The lowest BCUT2D eigenvalue weighted by molar-refractivity contribution is 0.103. The van der Waals surface area contributed by atoms with Crippen molar-refractivity contribution in [1.29, 1.82) is 0 Å². The Bertz CT molecular complexity index is 633. The van der Waals surface area contributed by atoms with Crippen molar-refractivity contribution in [1.82, 2.24) is 0 Å². The molecule has 0 aliphatic heterocycles. The number of ketones is 1. The molecule has 4 nitrogen and oxygen atoms in total. The van der Waals surface area contributed by atoms with Gasteiger partial charge in [-0.15, -0.1) is 0 Å². The van der Waals surface area contributed by atoms with Crippen LogP contribution in [0.1, 0.15) is 29.8 Å². The van der Waals surface area contributed by atoms with Gasteiger partial charge in [-0.2, -0.15) is 0 Å². The smallest absolute Gasteiger partial charge is 0.193 e. The highest BCUT2D eigenvalue weighted by molar-refractivity contribution is 6.09. The summed E-state index contributed by atoms with van der Waals surface area (Å²) in [6.45, 7) is 3.92. The molecule has 0 heterocycles. The lowest BCUT2D eigenvalue weighted by Crippen LogP contribution is -2.06. The molecule has 0 amide bonds. The van der Waals surface area contributed by atoms with E-state index in [1.54, 1.807) is 49.6 Å². The van der Waals surface area contributed by atoms with Gasteiger partial charge in [-0.3, -0.25) is 4.79 Å². The van der Waals surface area contributed by atoms with E-state index in [-0.39, 0.29) is 11.9 Å². The number of hydrogen-bond donors (Lipinski definition) is 1. The molecule has 0 bridgehead atoms. The standard InChI is InChI=1S/C17H19NO3/c1-11(2)21-14-7-4-12(5-8-14)17(19)13-6-9-16(20-3)15(18)10-13/h4-11H,18H2,1-3H3. The summed E-state index contributed by atoms with van der Waals surface area (Å²) in [6, 6.07) is 12.1. The number of ether oxygens (including phenoxy) is 2. The van der Waals surface area contributed by atoms with Gasteiger partial charge in [0.05, 0.1) is 18.9 Å². The molecule has 0 saturated carbocycles. The van der Waals surface area contributed by atoms with Crippen LogP contribution >= 0.6 is 0 Å². The minimum atomic E-state index is -0.0829. The summed E-state index contributed by atoms with van der Waals surface area (Å²) < 4.78 is 10.6. The molecule has 110 valence electrons. The van der Waals surface area contributed by atoms with E-state index in [0.29, 0.717) is 22.6 Å². The number of benzene rings is 2. The molecular weight excluding hydrogens is 266 g/mol. The average molecular weight is 285 g/mol. The van der Waals surface area contributed by atoms with E-state index in [1.165, 1.54) is 0 Å². The Hall–Kier alpha value is -2.49. The Morgan fingerprint density at radius 3 is 2.19 bits per heavy atom. The van der Waals surface area contributed by atoms with Gasteiger partial charge in [-0.25, -0.2) is 0 Å². The molecule has 0 fully saturated rings. The maximum atomic E-state index is 12.4. The van der Waals surface area contributed by atoms with E-state index >= 15 is 0 Å². The third kappa shape index (κ3) is 3.54. The van der Waals surface area contributed by atoms with E-state index in [1.807, 2.05) is 13.8 Å². The van der Waals surface area contributed by atoms with Crippen LogP contribution in [-0.2, 0) is 0 Å². The summed E-state index contributed by atoms with van der Waals surface area (Å²) in [5.74, 6) is 1.23. The summed E-state index contributed by atoms with van der Waals surface area (Å²) in [5.41, 5.74) is 7.40. The molecule has 2 rings (SSSR count). The number of rotatable bonds is 5. The van der Waals surface area contributed by atoms with Gasteiger partial charge in [0.15, 0.2) is 5.78 Å². The molecule has 0 saturated heterocycles. The van der Waals surface area contributed by atoms with Gasteiger partial charge in [-0.05, 0) is 56.3 Å². The minimum Gasteiger partial charge on any atom is -0.495 e. The zero-order valence-electron chi connectivity index (χ0n) is 12.4. The first kappa shape index (κ1) is 14.9. The third-order valence-electron chi connectivity index (χ3n) is 2.98. The predicted molar refractivity (Wildman–Crippen MR) is 83.0 cm³/mol. The highest BCUT2D eigenvalue weighted by Crippen LogP contribution is 2.24. The Kier molecular flexibility index (Phi) is 4.48. The van der Waals surface area contributed by atoms with Crippen LogP contribution in [0.2, 0.25) is 0 Å². The molecule has 0 spiro atoms. The fraction of sp³-hybridized carbons (Fsp3) is 0.235. The zero-order chi connectivity index (χ0) is 15.4. The molecule has 0 aliphatic rings. The fourth-order valence-electron chi connectivity index (χ4n) is 2.00. The lowest BCUT2D eigenvalue weighted by Gasteiger charge is -2.10. The van der Waals surface area contributed by atoms with Crippen LogP contribution < -0.4 is 15.2 Å². The summed E-state index contributed by atoms with van der Waals surface area (Å²) in [5, 5.41) is 0. The Morgan fingerprint density at radius 2 is 1.67 bits per heavy atom. The molecule has 21 heavy (non-hydrogen) atoms. The minimum absolute atomic E-state index is 0.0829. The van der Waals surface area contributed by atoms with Gasteiger partial charge in [0.1, 0.15) is 11.5 Å². The van der Waals surface area contributed by atoms with Crippen LogP contribution in [0.5, 0.6) is 11.5 Å². The van der Waals surface area contributed by atoms with Crippen molar-refractivity contribution in [3.8, 4) is 11.5 Å². The van der Waals surface area contributed by atoms with Crippen LogP contribution in [0.4, 0.5) is 5.69 Å². The van der Waals surface area contributed by atoms with E-state index in [4.69, 9.17) is 15.2 Å². The van der Waals surface area contributed by atoms with Crippen LogP contribution in [0, 0.1) is 0 Å². The van der Waals surface area contributed by atoms with Crippen molar-refractivity contribution in [2.24, 2.45) is 0 Å². The maximum absolute atomic E-state index is 12.4. The number of methoxy groups -OCH3 is 1. The SMILES string of the molecule is COc1ccc(C(=O)c2ccc(OC(C)C)cc2)cc1N. The van der Waals surface area contributed by atoms with Crippen LogP contribution in [0.15, 0.2) is 42.5 Å².